The number of rotatable bonds is 4. The Hall–Kier alpha value is -1.70. The van der Waals surface area contributed by atoms with Crippen LogP contribution >= 0.6 is 22.9 Å². The molecule has 0 saturated carbocycles. The smallest absolute Gasteiger partial charge is 0.319 e. The molecule has 0 bridgehead atoms. The fourth-order valence-corrected chi connectivity index (χ4v) is 2.77. The first-order valence-corrected chi connectivity index (χ1v) is 7.51. The summed E-state index contributed by atoms with van der Waals surface area (Å²) in [6.07, 6.45) is 0. The molecule has 1 heterocycles. The lowest BCUT2D eigenvalue weighted by molar-refractivity contribution is 0.0637. The highest BCUT2D eigenvalue weighted by molar-refractivity contribution is 7.10. The third-order valence-corrected chi connectivity index (χ3v) is 4.31. The highest BCUT2D eigenvalue weighted by Gasteiger charge is 2.25. The molecule has 8 heteroatoms. The summed E-state index contributed by atoms with van der Waals surface area (Å²) in [5.74, 6) is -1.82. The summed E-state index contributed by atoms with van der Waals surface area (Å²) in [4.78, 5) is 12.4. The topological polar surface area (TPSA) is 61.4 Å². The monoisotopic (exact) mass is 346 g/mol. The van der Waals surface area contributed by atoms with Crippen molar-refractivity contribution in [3.63, 3.8) is 0 Å². The van der Waals surface area contributed by atoms with E-state index in [9.17, 15) is 18.7 Å². The minimum atomic E-state index is -1.25. The number of benzene rings is 1. The highest BCUT2D eigenvalue weighted by atomic mass is 35.5. The third-order valence-electron chi connectivity index (χ3n) is 2.89. The van der Waals surface area contributed by atoms with Gasteiger partial charge in [0.05, 0.1) is 17.3 Å². The molecule has 1 atom stereocenters. The molecule has 1 aromatic carbocycles. The molecule has 0 fully saturated rings. The maximum absolute atomic E-state index is 13.6. The van der Waals surface area contributed by atoms with E-state index in [2.05, 4.69) is 10.6 Å². The third kappa shape index (κ3) is 3.94. The minimum absolute atomic E-state index is 0.0836. The molecule has 1 aromatic heterocycles. The van der Waals surface area contributed by atoms with Gasteiger partial charge in [-0.2, -0.15) is 0 Å². The van der Waals surface area contributed by atoms with E-state index in [1.165, 1.54) is 11.3 Å². The molecule has 0 aliphatic carbocycles. The zero-order valence-electron chi connectivity index (χ0n) is 11.5. The Balaban J connectivity index is 2.00. The van der Waals surface area contributed by atoms with Crippen molar-refractivity contribution in [1.29, 1.82) is 0 Å². The normalized spacial score (nSPS) is 13.5. The molecule has 4 nitrogen and oxygen atoms in total. The van der Waals surface area contributed by atoms with Gasteiger partial charge >= 0.3 is 6.03 Å². The summed E-state index contributed by atoms with van der Waals surface area (Å²) in [6, 6.07) is 4.26. The second-order valence-electron chi connectivity index (χ2n) is 4.80. The number of aliphatic hydroxyl groups is 1. The molecule has 0 radical (unpaired) electrons. The van der Waals surface area contributed by atoms with Crippen molar-refractivity contribution in [2.75, 3.05) is 11.9 Å². The summed E-state index contributed by atoms with van der Waals surface area (Å²) in [5.41, 5.74) is -1.58. The van der Waals surface area contributed by atoms with E-state index >= 15 is 0 Å². The quantitative estimate of drug-likeness (QED) is 0.790. The predicted molar refractivity (Wildman–Crippen MR) is 82.3 cm³/mol. The van der Waals surface area contributed by atoms with Crippen LogP contribution in [0.15, 0.2) is 29.6 Å². The first-order chi connectivity index (χ1) is 10.3. The number of hydrogen-bond donors (Lipinski definition) is 3. The zero-order valence-corrected chi connectivity index (χ0v) is 13.1. The number of carbonyl (C=O) groups excluding carboxylic acids is 1. The van der Waals surface area contributed by atoms with Crippen molar-refractivity contribution in [2.24, 2.45) is 0 Å². The number of amides is 2. The molecular formula is C14H13ClF2N2O2S. The number of hydrogen-bond acceptors (Lipinski definition) is 3. The van der Waals surface area contributed by atoms with Crippen LogP contribution < -0.4 is 10.6 Å². The van der Waals surface area contributed by atoms with E-state index in [1.807, 2.05) is 0 Å². The van der Waals surface area contributed by atoms with Gasteiger partial charge in [0.1, 0.15) is 11.4 Å². The Morgan fingerprint density at radius 3 is 2.77 bits per heavy atom. The number of thiophene rings is 1. The van der Waals surface area contributed by atoms with Gasteiger partial charge in [-0.15, -0.1) is 11.3 Å². The molecule has 2 rings (SSSR count). The lowest BCUT2D eigenvalue weighted by Gasteiger charge is -2.22. The fraction of sp³-hybridized carbons (Fsp3) is 0.214. The van der Waals surface area contributed by atoms with Crippen LogP contribution in [0.1, 0.15) is 11.8 Å². The van der Waals surface area contributed by atoms with Gasteiger partial charge in [0, 0.05) is 10.9 Å². The van der Waals surface area contributed by atoms with E-state index < -0.39 is 23.3 Å². The lowest BCUT2D eigenvalue weighted by Crippen LogP contribution is -2.40. The maximum atomic E-state index is 13.6. The minimum Gasteiger partial charge on any atom is -0.383 e. The lowest BCUT2D eigenvalue weighted by atomic mass is 10.1. The second kappa shape index (κ2) is 6.60. The summed E-state index contributed by atoms with van der Waals surface area (Å²) < 4.78 is 26.5. The number of urea groups is 1. The van der Waals surface area contributed by atoms with E-state index in [4.69, 9.17) is 11.6 Å². The van der Waals surface area contributed by atoms with Crippen LogP contribution in [-0.4, -0.2) is 17.7 Å². The molecule has 2 aromatic rings. The Kier molecular flexibility index (Phi) is 5.00. The maximum Gasteiger partial charge on any atom is 0.319 e. The molecule has 0 aliphatic rings. The van der Waals surface area contributed by atoms with Crippen LogP contribution in [0, 0.1) is 11.6 Å². The number of nitrogens with one attached hydrogen (secondary N) is 2. The molecule has 0 aliphatic heterocycles. The first kappa shape index (κ1) is 16.7. The van der Waals surface area contributed by atoms with Crippen molar-refractivity contribution in [1.82, 2.24) is 5.32 Å². The standard InChI is InChI=1S/C14H13ClF2N2O2S/c1-14(21,11-3-2-4-22-11)7-18-13(20)19-12-9(15)5-8(16)6-10(12)17/h2-6,21H,7H2,1H3,(H2,18,19,20). The molecule has 118 valence electrons. The average molecular weight is 347 g/mol. The van der Waals surface area contributed by atoms with Crippen LogP contribution in [-0.2, 0) is 5.60 Å². The number of halogens is 3. The van der Waals surface area contributed by atoms with Gasteiger partial charge in [-0.3, -0.25) is 0 Å². The summed E-state index contributed by atoms with van der Waals surface area (Å²) in [7, 11) is 0. The molecule has 1 unspecified atom stereocenters. The van der Waals surface area contributed by atoms with Crippen LogP contribution in [0.25, 0.3) is 0 Å². The molecule has 3 N–H and O–H groups in total. The Morgan fingerprint density at radius 2 is 2.18 bits per heavy atom. The van der Waals surface area contributed by atoms with Crippen LogP contribution in [0.4, 0.5) is 19.3 Å². The zero-order chi connectivity index (χ0) is 16.3. The molecular weight excluding hydrogens is 334 g/mol. The Morgan fingerprint density at radius 1 is 1.45 bits per heavy atom. The van der Waals surface area contributed by atoms with Gasteiger partial charge in [-0.25, -0.2) is 13.6 Å². The predicted octanol–water partition coefficient (Wildman–Crippen LogP) is 3.71. The van der Waals surface area contributed by atoms with Gasteiger partial charge in [-0.1, -0.05) is 17.7 Å². The van der Waals surface area contributed by atoms with Crippen LogP contribution in [0.3, 0.4) is 0 Å². The van der Waals surface area contributed by atoms with Gasteiger partial charge in [0.15, 0.2) is 5.82 Å². The average Bonchev–Trinajstić information content (AvgIpc) is 2.95. The van der Waals surface area contributed by atoms with Crippen molar-refractivity contribution in [3.8, 4) is 0 Å². The highest BCUT2D eigenvalue weighted by Crippen LogP contribution is 2.27. The van der Waals surface area contributed by atoms with Crippen LogP contribution in [0.2, 0.25) is 5.02 Å². The molecule has 0 spiro atoms. The van der Waals surface area contributed by atoms with E-state index in [0.29, 0.717) is 10.9 Å². The van der Waals surface area contributed by atoms with Gasteiger partial charge < -0.3 is 15.7 Å². The van der Waals surface area contributed by atoms with E-state index in [-0.39, 0.29) is 17.3 Å². The van der Waals surface area contributed by atoms with Gasteiger partial charge in [0.2, 0.25) is 0 Å². The summed E-state index contributed by atoms with van der Waals surface area (Å²) in [6.45, 7) is 1.46. The van der Waals surface area contributed by atoms with E-state index in [0.717, 1.165) is 6.07 Å². The van der Waals surface area contributed by atoms with Crippen LogP contribution in [0.5, 0.6) is 0 Å². The molecule has 2 amide bonds. The van der Waals surface area contributed by atoms with E-state index in [1.54, 1.807) is 24.4 Å². The van der Waals surface area contributed by atoms with Crippen molar-refractivity contribution < 1.29 is 18.7 Å². The summed E-state index contributed by atoms with van der Waals surface area (Å²) in [5, 5.41) is 16.4. The largest absolute Gasteiger partial charge is 0.383 e. The van der Waals surface area contributed by atoms with Gasteiger partial charge in [0.25, 0.3) is 0 Å². The Bertz CT molecular complexity index is 654. The Labute approximate surface area is 134 Å². The first-order valence-electron chi connectivity index (χ1n) is 6.25. The van der Waals surface area contributed by atoms with Gasteiger partial charge in [-0.05, 0) is 24.4 Å². The number of anilines is 1. The SMILES string of the molecule is CC(O)(CNC(=O)Nc1c(F)cc(F)cc1Cl)c1cccs1. The molecule has 22 heavy (non-hydrogen) atoms. The van der Waals surface area contributed by atoms with Crippen molar-refractivity contribution in [2.45, 2.75) is 12.5 Å². The van der Waals surface area contributed by atoms with Crippen molar-refractivity contribution in [3.05, 3.63) is 51.2 Å². The van der Waals surface area contributed by atoms with Crippen molar-refractivity contribution >= 4 is 34.7 Å². The number of carbonyl (C=O) groups is 1. The second-order valence-corrected chi connectivity index (χ2v) is 6.16. The summed E-state index contributed by atoms with van der Waals surface area (Å²) >= 11 is 7.03. The molecule has 0 saturated heterocycles. The fourth-order valence-electron chi connectivity index (χ4n) is 1.74.